The summed E-state index contributed by atoms with van der Waals surface area (Å²) in [4.78, 5) is 16.3. The van der Waals surface area contributed by atoms with Crippen LogP contribution in [0, 0.1) is 0 Å². The molecule has 1 aliphatic heterocycles. The molecule has 2 aromatic carbocycles. The van der Waals surface area contributed by atoms with Crippen molar-refractivity contribution < 1.29 is 9.69 Å². The van der Waals surface area contributed by atoms with Crippen LogP contribution in [0.3, 0.4) is 0 Å². The molecule has 0 saturated carbocycles. The minimum absolute atomic E-state index is 0.115. The summed E-state index contributed by atoms with van der Waals surface area (Å²) in [5.41, 5.74) is 3.47. The van der Waals surface area contributed by atoms with Gasteiger partial charge in [0, 0.05) is 11.4 Å². The van der Waals surface area contributed by atoms with Crippen LogP contribution >= 0.6 is 0 Å². The highest BCUT2D eigenvalue weighted by atomic mass is 16.2. The van der Waals surface area contributed by atoms with Crippen molar-refractivity contribution in [3.8, 4) is 0 Å². The number of quaternary nitrogens is 1. The molecular weight excluding hydrogens is 322 g/mol. The van der Waals surface area contributed by atoms with Crippen LogP contribution in [-0.2, 0) is 4.79 Å². The van der Waals surface area contributed by atoms with Crippen molar-refractivity contribution in [1.29, 1.82) is 0 Å². The molecule has 1 amide bonds. The van der Waals surface area contributed by atoms with Crippen molar-refractivity contribution in [1.82, 2.24) is 0 Å². The fraction of sp³-hybridized carbons (Fsp3) is 0.409. The number of benzene rings is 2. The standard InChI is InChI=1S/C22H29N3O/c1-3-18(2)20-11-7-8-12-21(20)23-22(26)17-24-13-15-25(16-14-24)19-9-5-4-6-10-19/h4-12,18H,3,13-17H2,1-2H3,(H,23,26)/p+1/t18-/m0/s1. The molecule has 2 aromatic rings. The number of para-hydroxylation sites is 2. The van der Waals surface area contributed by atoms with Gasteiger partial charge in [0.1, 0.15) is 0 Å². The second kappa shape index (κ2) is 8.86. The van der Waals surface area contributed by atoms with Gasteiger partial charge in [-0.15, -0.1) is 0 Å². The highest BCUT2D eigenvalue weighted by Gasteiger charge is 2.22. The average molecular weight is 353 g/mol. The number of carbonyl (C=O) groups excluding carboxylic acids is 1. The maximum absolute atomic E-state index is 12.5. The molecule has 1 fully saturated rings. The summed E-state index contributed by atoms with van der Waals surface area (Å²) in [5.74, 6) is 0.567. The van der Waals surface area contributed by atoms with E-state index in [1.165, 1.54) is 16.2 Å². The van der Waals surface area contributed by atoms with Gasteiger partial charge in [-0.3, -0.25) is 4.79 Å². The average Bonchev–Trinajstić information content (AvgIpc) is 2.69. The van der Waals surface area contributed by atoms with Crippen molar-refractivity contribution in [2.45, 2.75) is 26.2 Å². The van der Waals surface area contributed by atoms with Gasteiger partial charge in [0.05, 0.1) is 26.2 Å². The first-order chi connectivity index (χ1) is 12.7. The minimum atomic E-state index is 0.115. The monoisotopic (exact) mass is 352 g/mol. The van der Waals surface area contributed by atoms with Gasteiger partial charge in [0.25, 0.3) is 5.91 Å². The van der Waals surface area contributed by atoms with Gasteiger partial charge in [-0.2, -0.15) is 0 Å². The second-order valence-electron chi connectivity index (χ2n) is 7.19. The lowest BCUT2D eigenvalue weighted by Gasteiger charge is -2.33. The molecule has 0 spiro atoms. The quantitative estimate of drug-likeness (QED) is 0.838. The van der Waals surface area contributed by atoms with Gasteiger partial charge in [-0.25, -0.2) is 0 Å². The highest BCUT2D eigenvalue weighted by molar-refractivity contribution is 5.92. The molecule has 0 bridgehead atoms. The molecule has 0 aliphatic carbocycles. The zero-order valence-corrected chi connectivity index (χ0v) is 15.9. The van der Waals surface area contributed by atoms with E-state index in [1.54, 1.807) is 0 Å². The highest BCUT2D eigenvalue weighted by Crippen LogP contribution is 2.26. The number of carbonyl (C=O) groups is 1. The Kier molecular flexibility index (Phi) is 6.29. The maximum atomic E-state index is 12.5. The first-order valence-electron chi connectivity index (χ1n) is 9.69. The molecule has 0 unspecified atom stereocenters. The molecule has 138 valence electrons. The van der Waals surface area contributed by atoms with Crippen molar-refractivity contribution in [3.05, 3.63) is 60.2 Å². The van der Waals surface area contributed by atoms with Crippen LogP contribution in [0.5, 0.6) is 0 Å². The minimum Gasteiger partial charge on any atom is -0.360 e. The third kappa shape index (κ3) is 4.64. The van der Waals surface area contributed by atoms with Crippen LogP contribution in [0.15, 0.2) is 54.6 Å². The summed E-state index contributed by atoms with van der Waals surface area (Å²) in [6.07, 6.45) is 1.07. The van der Waals surface area contributed by atoms with E-state index in [0.29, 0.717) is 12.5 Å². The molecule has 3 rings (SSSR count). The van der Waals surface area contributed by atoms with Gasteiger partial charge < -0.3 is 15.1 Å². The lowest BCUT2D eigenvalue weighted by molar-refractivity contribution is -0.892. The van der Waals surface area contributed by atoms with Crippen molar-refractivity contribution in [3.63, 3.8) is 0 Å². The Morgan fingerprint density at radius 2 is 1.73 bits per heavy atom. The summed E-state index contributed by atoms with van der Waals surface area (Å²) in [6.45, 7) is 8.91. The molecule has 1 aliphatic rings. The van der Waals surface area contributed by atoms with Crippen molar-refractivity contribution >= 4 is 17.3 Å². The number of hydrogen-bond donors (Lipinski definition) is 2. The van der Waals surface area contributed by atoms with E-state index in [9.17, 15) is 4.79 Å². The summed E-state index contributed by atoms with van der Waals surface area (Å²) < 4.78 is 0. The third-order valence-corrected chi connectivity index (χ3v) is 5.38. The second-order valence-corrected chi connectivity index (χ2v) is 7.19. The summed E-state index contributed by atoms with van der Waals surface area (Å²) in [5, 5.41) is 3.14. The molecule has 1 heterocycles. The predicted molar refractivity (Wildman–Crippen MR) is 108 cm³/mol. The molecule has 26 heavy (non-hydrogen) atoms. The topological polar surface area (TPSA) is 36.8 Å². The van der Waals surface area contributed by atoms with Crippen LogP contribution in [0.25, 0.3) is 0 Å². The zero-order valence-electron chi connectivity index (χ0n) is 15.9. The number of amides is 1. The molecule has 4 nitrogen and oxygen atoms in total. The zero-order chi connectivity index (χ0) is 18.4. The summed E-state index contributed by atoms with van der Waals surface area (Å²) in [6, 6.07) is 18.7. The largest absolute Gasteiger partial charge is 0.360 e. The number of nitrogens with zero attached hydrogens (tertiary/aromatic N) is 1. The van der Waals surface area contributed by atoms with E-state index in [-0.39, 0.29) is 5.91 Å². The maximum Gasteiger partial charge on any atom is 0.279 e. The predicted octanol–water partition coefficient (Wildman–Crippen LogP) is 2.54. The van der Waals surface area contributed by atoms with E-state index in [4.69, 9.17) is 0 Å². The fourth-order valence-electron chi connectivity index (χ4n) is 3.58. The smallest absolute Gasteiger partial charge is 0.279 e. The van der Waals surface area contributed by atoms with Gasteiger partial charge >= 0.3 is 0 Å². The van der Waals surface area contributed by atoms with Gasteiger partial charge in [-0.1, -0.05) is 50.2 Å². The Hall–Kier alpha value is -2.33. The fourth-order valence-corrected chi connectivity index (χ4v) is 3.58. The van der Waals surface area contributed by atoms with Crippen LogP contribution in [0.1, 0.15) is 31.7 Å². The van der Waals surface area contributed by atoms with Crippen molar-refractivity contribution in [2.24, 2.45) is 0 Å². The SMILES string of the molecule is CC[C@H](C)c1ccccc1NC(=O)C[NH+]1CCN(c2ccccc2)CC1. The van der Waals surface area contributed by atoms with Gasteiger partial charge in [0.2, 0.25) is 0 Å². The van der Waals surface area contributed by atoms with E-state index in [0.717, 1.165) is 38.3 Å². The van der Waals surface area contributed by atoms with E-state index < -0.39 is 0 Å². The van der Waals surface area contributed by atoms with E-state index in [2.05, 4.69) is 54.4 Å². The molecule has 2 N–H and O–H groups in total. The molecular formula is C22H30N3O+. The Balaban J connectivity index is 1.52. The number of nitrogens with one attached hydrogen (secondary N) is 2. The van der Waals surface area contributed by atoms with E-state index >= 15 is 0 Å². The first-order valence-corrected chi connectivity index (χ1v) is 9.69. The Morgan fingerprint density at radius 1 is 1.08 bits per heavy atom. The normalized spacial score (nSPS) is 16.3. The van der Waals surface area contributed by atoms with Crippen LogP contribution in [0.2, 0.25) is 0 Å². The van der Waals surface area contributed by atoms with Crippen LogP contribution in [0.4, 0.5) is 11.4 Å². The molecule has 1 saturated heterocycles. The van der Waals surface area contributed by atoms with Crippen LogP contribution < -0.4 is 15.1 Å². The number of anilines is 2. The third-order valence-electron chi connectivity index (χ3n) is 5.38. The van der Waals surface area contributed by atoms with Crippen molar-refractivity contribution in [2.75, 3.05) is 42.9 Å². The lowest BCUT2D eigenvalue weighted by atomic mass is 9.97. The summed E-state index contributed by atoms with van der Waals surface area (Å²) >= 11 is 0. The van der Waals surface area contributed by atoms with E-state index in [1.807, 2.05) is 24.3 Å². The Bertz CT molecular complexity index is 708. The summed E-state index contributed by atoms with van der Waals surface area (Å²) in [7, 11) is 0. The molecule has 0 radical (unpaired) electrons. The Morgan fingerprint density at radius 3 is 2.42 bits per heavy atom. The Labute approximate surface area is 156 Å². The number of hydrogen-bond acceptors (Lipinski definition) is 2. The number of piperazine rings is 1. The van der Waals surface area contributed by atoms with Gasteiger partial charge in [-0.05, 0) is 36.1 Å². The molecule has 1 atom stereocenters. The lowest BCUT2D eigenvalue weighted by Crippen LogP contribution is -3.15. The number of rotatable bonds is 6. The van der Waals surface area contributed by atoms with Gasteiger partial charge in [0.15, 0.2) is 6.54 Å². The molecule has 0 aromatic heterocycles. The molecule has 4 heteroatoms. The van der Waals surface area contributed by atoms with Crippen LogP contribution in [-0.4, -0.2) is 38.6 Å². The first kappa shape index (κ1) is 18.5.